The SMILES string of the molecule is CC(C)[C@H](NC(=O)CCCNC(=O)CCC(=O)O[C@@H]1O[C@@H]2OC3(C)CC[C@H]4[C@H](C)CC[C@@H]([C@H]1C)[C@@]24OO3)C(=O)O. The van der Waals surface area contributed by atoms with Crippen molar-refractivity contribution >= 4 is 23.8 Å². The standard InChI is InChI=1S/C28H44N2O10/c1-15(2)23(24(34)35)30-21(32)7-6-14-29-20(31)10-11-22(33)36-25-17(4)19-9-8-16(3)18-12-13-27(5)38-26(37-25)28(18,19)40-39-27/h15-19,23,25-26H,6-14H2,1-5H3,(H,29,31)(H,30,32)(H,34,35)/t16-,17-,18+,19+,23+,25-,26-,27?,28-/m1/s1. The lowest BCUT2D eigenvalue weighted by molar-refractivity contribution is -0.576. The van der Waals surface area contributed by atoms with Crippen LogP contribution in [0.15, 0.2) is 0 Å². The molecule has 3 N–H and O–H groups in total. The van der Waals surface area contributed by atoms with E-state index in [4.69, 9.17) is 29.1 Å². The van der Waals surface area contributed by atoms with E-state index in [0.29, 0.717) is 18.8 Å². The summed E-state index contributed by atoms with van der Waals surface area (Å²) in [6, 6.07) is -0.953. The minimum absolute atomic E-state index is 0.0275. The lowest BCUT2D eigenvalue weighted by Crippen LogP contribution is -2.70. The Kier molecular flexibility index (Phi) is 9.43. The zero-order valence-electron chi connectivity index (χ0n) is 24.1. The van der Waals surface area contributed by atoms with E-state index in [2.05, 4.69) is 17.6 Å². The number of amides is 2. The van der Waals surface area contributed by atoms with Gasteiger partial charge in [-0.1, -0.05) is 27.7 Å². The molecule has 1 aliphatic carbocycles. The minimum atomic E-state index is -1.08. The quantitative estimate of drug-likeness (QED) is 0.192. The second-order valence-corrected chi connectivity index (χ2v) is 12.3. The fourth-order valence-electron chi connectivity index (χ4n) is 6.74. The van der Waals surface area contributed by atoms with Crippen LogP contribution < -0.4 is 10.6 Å². The summed E-state index contributed by atoms with van der Waals surface area (Å²) in [4.78, 5) is 60.0. The predicted octanol–water partition coefficient (Wildman–Crippen LogP) is 2.64. The smallest absolute Gasteiger partial charge is 0.326 e. The van der Waals surface area contributed by atoms with Crippen LogP contribution >= 0.6 is 0 Å². The highest BCUT2D eigenvalue weighted by Crippen LogP contribution is 2.60. The van der Waals surface area contributed by atoms with Crippen molar-refractivity contribution < 1.29 is 48.3 Å². The van der Waals surface area contributed by atoms with Gasteiger partial charge in [0.15, 0.2) is 11.9 Å². The van der Waals surface area contributed by atoms with E-state index >= 15 is 0 Å². The Hall–Kier alpha value is -2.28. The Morgan fingerprint density at radius 1 is 1.00 bits per heavy atom. The van der Waals surface area contributed by atoms with Crippen molar-refractivity contribution in [3.05, 3.63) is 0 Å². The maximum Gasteiger partial charge on any atom is 0.326 e. The van der Waals surface area contributed by atoms with Gasteiger partial charge in [-0.3, -0.25) is 14.4 Å². The molecule has 5 rings (SSSR count). The summed E-state index contributed by atoms with van der Waals surface area (Å²) in [7, 11) is 0. The number of rotatable bonds is 11. The molecule has 12 nitrogen and oxygen atoms in total. The van der Waals surface area contributed by atoms with Gasteiger partial charge in [-0.2, -0.15) is 0 Å². The number of carbonyl (C=O) groups is 4. The van der Waals surface area contributed by atoms with E-state index in [0.717, 1.165) is 19.3 Å². The van der Waals surface area contributed by atoms with Gasteiger partial charge in [-0.25, -0.2) is 14.6 Å². The maximum atomic E-state index is 12.7. The van der Waals surface area contributed by atoms with Crippen LogP contribution in [0, 0.1) is 29.6 Å². The highest BCUT2D eigenvalue weighted by molar-refractivity contribution is 5.84. The van der Waals surface area contributed by atoms with Crippen LogP contribution in [-0.2, 0) is 43.2 Å². The molecule has 1 spiro atoms. The Morgan fingerprint density at radius 2 is 1.75 bits per heavy atom. The predicted molar refractivity (Wildman–Crippen MR) is 139 cm³/mol. The van der Waals surface area contributed by atoms with Crippen LogP contribution in [0.4, 0.5) is 0 Å². The van der Waals surface area contributed by atoms with E-state index in [1.807, 2.05) is 13.8 Å². The number of carboxylic acids is 1. The summed E-state index contributed by atoms with van der Waals surface area (Å²) in [5.74, 6) is -3.01. The topological polar surface area (TPSA) is 159 Å². The molecule has 0 aromatic carbocycles. The van der Waals surface area contributed by atoms with Gasteiger partial charge < -0.3 is 30.0 Å². The fraction of sp³-hybridized carbons (Fsp3) is 0.857. The second kappa shape index (κ2) is 12.3. The molecule has 4 heterocycles. The number of ether oxygens (including phenoxy) is 3. The molecule has 0 radical (unpaired) electrons. The van der Waals surface area contributed by atoms with Gasteiger partial charge in [0.2, 0.25) is 23.9 Å². The molecule has 12 heteroatoms. The number of fused-ring (bicyclic) bond motifs is 2. The van der Waals surface area contributed by atoms with Crippen LogP contribution in [-0.4, -0.2) is 65.4 Å². The highest BCUT2D eigenvalue weighted by atomic mass is 17.3. The Morgan fingerprint density at radius 3 is 2.45 bits per heavy atom. The van der Waals surface area contributed by atoms with Crippen LogP contribution in [0.25, 0.3) is 0 Å². The minimum Gasteiger partial charge on any atom is -0.480 e. The monoisotopic (exact) mass is 568 g/mol. The zero-order valence-corrected chi connectivity index (χ0v) is 24.1. The lowest BCUT2D eigenvalue weighted by Gasteiger charge is -2.59. The number of esters is 1. The van der Waals surface area contributed by atoms with E-state index in [1.54, 1.807) is 13.8 Å². The molecule has 5 fully saturated rings. The van der Waals surface area contributed by atoms with E-state index in [1.165, 1.54) is 0 Å². The summed E-state index contributed by atoms with van der Waals surface area (Å²) in [5.41, 5.74) is -0.740. The molecule has 0 aromatic heterocycles. The molecule has 1 saturated carbocycles. The highest BCUT2D eigenvalue weighted by Gasteiger charge is 2.69. The Bertz CT molecular complexity index is 975. The summed E-state index contributed by atoms with van der Waals surface area (Å²) in [5, 5.41) is 14.3. The Labute approximate surface area is 235 Å². The first-order chi connectivity index (χ1) is 18.9. The summed E-state index contributed by atoms with van der Waals surface area (Å²) in [6.07, 6.45) is 2.21. The maximum absolute atomic E-state index is 12.7. The first kappa shape index (κ1) is 30.7. The molecular formula is C28H44N2O10. The lowest BCUT2D eigenvalue weighted by atomic mass is 9.58. The summed E-state index contributed by atoms with van der Waals surface area (Å²) >= 11 is 0. The molecule has 5 aliphatic rings. The molecule has 9 atom stereocenters. The van der Waals surface area contributed by atoms with Crippen molar-refractivity contribution in [1.29, 1.82) is 0 Å². The van der Waals surface area contributed by atoms with Crippen molar-refractivity contribution in [2.75, 3.05) is 6.54 Å². The van der Waals surface area contributed by atoms with Crippen LogP contribution in [0.1, 0.15) is 86.0 Å². The van der Waals surface area contributed by atoms with Gasteiger partial charge in [-0.15, -0.1) is 0 Å². The molecule has 40 heavy (non-hydrogen) atoms. The number of hydrogen-bond acceptors (Lipinski definition) is 9. The third kappa shape index (κ3) is 6.29. The van der Waals surface area contributed by atoms with Gasteiger partial charge in [0.25, 0.3) is 0 Å². The molecule has 2 bridgehead atoms. The number of carboxylic acid groups (broad SMARTS) is 1. The van der Waals surface area contributed by atoms with Crippen LogP contribution in [0.5, 0.6) is 0 Å². The van der Waals surface area contributed by atoms with Crippen LogP contribution in [0.2, 0.25) is 0 Å². The largest absolute Gasteiger partial charge is 0.480 e. The molecular weight excluding hydrogens is 524 g/mol. The van der Waals surface area contributed by atoms with Gasteiger partial charge in [-0.05, 0) is 50.4 Å². The van der Waals surface area contributed by atoms with Gasteiger partial charge in [0, 0.05) is 37.6 Å². The van der Waals surface area contributed by atoms with Crippen molar-refractivity contribution in [2.45, 2.75) is 116 Å². The molecule has 0 aromatic rings. The van der Waals surface area contributed by atoms with Crippen molar-refractivity contribution in [1.82, 2.24) is 10.6 Å². The number of aliphatic carboxylic acids is 1. The molecule has 2 amide bonds. The molecule has 226 valence electrons. The van der Waals surface area contributed by atoms with E-state index in [-0.39, 0.29) is 55.4 Å². The van der Waals surface area contributed by atoms with Gasteiger partial charge in [0.1, 0.15) is 6.04 Å². The summed E-state index contributed by atoms with van der Waals surface area (Å²) < 4.78 is 18.2. The first-order valence-corrected chi connectivity index (χ1v) is 14.5. The zero-order chi connectivity index (χ0) is 29.2. The van der Waals surface area contributed by atoms with Crippen molar-refractivity contribution in [3.8, 4) is 0 Å². The van der Waals surface area contributed by atoms with Gasteiger partial charge in [0.05, 0.1) is 6.42 Å². The molecule has 4 aliphatic heterocycles. The molecule has 4 saturated heterocycles. The normalized spacial score (nSPS) is 37.1. The van der Waals surface area contributed by atoms with Crippen LogP contribution in [0.3, 0.4) is 0 Å². The summed E-state index contributed by atoms with van der Waals surface area (Å²) in [6.45, 7) is 9.72. The first-order valence-electron chi connectivity index (χ1n) is 14.5. The van der Waals surface area contributed by atoms with Gasteiger partial charge >= 0.3 is 11.9 Å². The molecule has 1 unspecified atom stereocenters. The number of hydrogen-bond donors (Lipinski definition) is 3. The van der Waals surface area contributed by atoms with Crippen molar-refractivity contribution in [2.24, 2.45) is 29.6 Å². The number of nitrogens with one attached hydrogen (secondary N) is 2. The van der Waals surface area contributed by atoms with E-state index < -0.39 is 47.9 Å². The van der Waals surface area contributed by atoms with Crippen molar-refractivity contribution in [3.63, 3.8) is 0 Å². The second-order valence-electron chi connectivity index (χ2n) is 12.3. The Balaban J connectivity index is 1.22. The average molecular weight is 569 g/mol. The third-order valence-corrected chi connectivity index (χ3v) is 9.05. The fourth-order valence-corrected chi connectivity index (χ4v) is 6.74. The van der Waals surface area contributed by atoms with E-state index in [9.17, 15) is 19.2 Å². The average Bonchev–Trinajstić information content (AvgIpc) is 3.12. The number of carbonyl (C=O) groups excluding carboxylic acids is 3. The third-order valence-electron chi connectivity index (χ3n) is 9.05.